The Bertz CT molecular complexity index is 1310. The number of aromatic hydroxyl groups is 2. The van der Waals surface area contributed by atoms with Gasteiger partial charge in [0, 0.05) is 11.1 Å². The van der Waals surface area contributed by atoms with Crippen LogP contribution in [0.3, 0.4) is 0 Å². The number of para-hydroxylation sites is 2. The van der Waals surface area contributed by atoms with Crippen molar-refractivity contribution in [3.8, 4) is 17.2 Å². The van der Waals surface area contributed by atoms with Gasteiger partial charge in [-0.15, -0.1) is 0 Å². The van der Waals surface area contributed by atoms with Crippen molar-refractivity contribution in [2.45, 2.75) is 13.8 Å². The number of phenolic OH excluding ortho intramolecular Hbond substituents is 1. The quantitative estimate of drug-likeness (QED) is 0.496. The van der Waals surface area contributed by atoms with Gasteiger partial charge in [-0.3, -0.25) is 9.36 Å². The highest BCUT2D eigenvalue weighted by Crippen LogP contribution is 2.31. The molecule has 1 heterocycles. The van der Waals surface area contributed by atoms with Crippen LogP contribution in [0, 0.1) is 6.92 Å². The van der Waals surface area contributed by atoms with Crippen molar-refractivity contribution in [3.63, 3.8) is 0 Å². The summed E-state index contributed by atoms with van der Waals surface area (Å²) in [6.07, 6.45) is 0. The molecule has 5 heteroatoms. The van der Waals surface area contributed by atoms with Gasteiger partial charge in [0.2, 0.25) is 0 Å². The van der Waals surface area contributed by atoms with E-state index in [2.05, 4.69) is 4.99 Å². The maximum absolute atomic E-state index is 13.4. The molecular formula is C24H20N2O3. The number of hydrogen-bond acceptors (Lipinski definition) is 4. The lowest BCUT2D eigenvalue weighted by atomic mass is 10.1. The Kier molecular flexibility index (Phi) is 4.64. The first-order valence-electron chi connectivity index (χ1n) is 9.25. The second-order valence-electron chi connectivity index (χ2n) is 6.91. The molecular weight excluding hydrogens is 364 g/mol. The number of aryl methyl sites for hydroxylation is 1. The molecule has 5 nitrogen and oxygen atoms in total. The highest BCUT2D eigenvalue weighted by Gasteiger charge is 2.19. The van der Waals surface area contributed by atoms with Crippen LogP contribution >= 0.6 is 0 Å². The number of fused-ring (bicyclic) bond motifs is 1. The van der Waals surface area contributed by atoms with Crippen LogP contribution in [0.15, 0.2) is 82.6 Å². The molecule has 144 valence electrons. The zero-order chi connectivity index (χ0) is 20.5. The molecule has 1 aromatic heterocycles. The molecule has 0 saturated carbocycles. The summed E-state index contributed by atoms with van der Waals surface area (Å²) in [4.78, 5) is 17.9. The minimum absolute atomic E-state index is 0.0126. The van der Waals surface area contributed by atoms with Crippen molar-refractivity contribution >= 4 is 22.3 Å². The average molecular weight is 384 g/mol. The van der Waals surface area contributed by atoms with Crippen LogP contribution in [0.2, 0.25) is 0 Å². The summed E-state index contributed by atoms with van der Waals surface area (Å²) in [7, 11) is 0. The molecule has 0 saturated heterocycles. The summed E-state index contributed by atoms with van der Waals surface area (Å²) in [5.41, 5.74) is 2.63. The van der Waals surface area contributed by atoms with Crippen LogP contribution in [0.25, 0.3) is 16.6 Å². The molecule has 0 bridgehead atoms. The number of phenols is 1. The SMILES string of the molecule is CC(=Nc1cc(C)ccc1O)c1c(O)c2ccccc2n(-c2ccccc2)c1=O. The number of nitrogens with zero attached hydrogens (tertiary/aromatic N) is 2. The molecule has 0 aliphatic carbocycles. The first-order valence-corrected chi connectivity index (χ1v) is 9.25. The molecule has 4 rings (SSSR count). The van der Waals surface area contributed by atoms with E-state index in [9.17, 15) is 15.0 Å². The van der Waals surface area contributed by atoms with Gasteiger partial charge in [0.15, 0.2) is 0 Å². The minimum atomic E-state index is -0.374. The van der Waals surface area contributed by atoms with Crippen molar-refractivity contribution in [2.75, 3.05) is 0 Å². The van der Waals surface area contributed by atoms with Crippen LogP contribution in [0.4, 0.5) is 5.69 Å². The van der Waals surface area contributed by atoms with E-state index in [0.717, 1.165) is 5.56 Å². The van der Waals surface area contributed by atoms with E-state index in [1.54, 1.807) is 41.8 Å². The maximum atomic E-state index is 13.4. The van der Waals surface area contributed by atoms with E-state index in [1.165, 1.54) is 0 Å². The molecule has 0 spiro atoms. The molecule has 0 amide bonds. The molecule has 0 atom stereocenters. The van der Waals surface area contributed by atoms with E-state index in [0.29, 0.717) is 28.0 Å². The fraction of sp³-hybridized carbons (Fsp3) is 0.0833. The van der Waals surface area contributed by atoms with E-state index in [-0.39, 0.29) is 22.6 Å². The Morgan fingerprint density at radius 3 is 2.38 bits per heavy atom. The predicted molar refractivity (Wildman–Crippen MR) is 116 cm³/mol. The van der Waals surface area contributed by atoms with Gasteiger partial charge in [0.25, 0.3) is 5.56 Å². The van der Waals surface area contributed by atoms with Crippen molar-refractivity contribution in [1.82, 2.24) is 4.57 Å². The Morgan fingerprint density at radius 2 is 1.62 bits per heavy atom. The van der Waals surface area contributed by atoms with Gasteiger partial charge in [-0.2, -0.15) is 0 Å². The van der Waals surface area contributed by atoms with E-state index < -0.39 is 0 Å². The summed E-state index contributed by atoms with van der Waals surface area (Å²) >= 11 is 0. The fourth-order valence-corrected chi connectivity index (χ4v) is 3.45. The molecule has 0 unspecified atom stereocenters. The van der Waals surface area contributed by atoms with Crippen LogP contribution in [0.5, 0.6) is 11.5 Å². The molecule has 3 aromatic carbocycles. The monoisotopic (exact) mass is 384 g/mol. The predicted octanol–water partition coefficient (Wildman–Crippen LogP) is 4.85. The van der Waals surface area contributed by atoms with Crippen LogP contribution in [-0.2, 0) is 0 Å². The number of aromatic nitrogens is 1. The fourth-order valence-electron chi connectivity index (χ4n) is 3.45. The second-order valence-corrected chi connectivity index (χ2v) is 6.91. The lowest BCUT2D eigenvalue weighted by molar-refractivity contribution is 0.476. The summed E-state index contributed by atoms with van der Waals surface area (Å²) in [5.74, 6) is -0.107. The summed E-state index contributed by atoms with van der Waals surface area (Å²) < 4.78 is 1.57. The van der Waals surface area contributed by atoms with Gasteiger partial charge < -0.3 is 10.2 Å². The summed E-state index contributed by atoms with van der Waals surface area (Å²) in [5, 5.41) is 21.6. The third-order valence-corrected chi connectivity index (χ3v) is 4.85. The number of pyridine rings is 1. The van der Waals surface area contributed by atoms with Gasteiger partial charge in [-0.25, -0.2) is 4.99 Å². The summed E-state index contributed by atoms with van der Waals surface area (Å²) in [6.45, 7) is 3.55. The number of rotatable bonds is 3. The van der Waals surface area contributed by atoms with Crippen molar-refractivity contribution in [3.05, 3.63) is 94.3 Å². The molecule has 29 heavy (non-hydrogen) atoms. The lowest BCUT2D eigenvalue weighted by Crippen LogP contribution is -2.25. The van der Waals surface area contributed by atoms with Gasteiger partial charge in [0.1, 0.15) is 22.7 Å². The van der Waals surface area contributed by atoms with Crippen LogP contribution < -0.4 is 5.56 Å². The third-order valence-electron chi connectivity index (χ3n) is 4.85. The number of hydrogen-bond donors (Lipinski definition) is 2. The Labute approximate surface area is 167 Å². The molecule has 0 fully saturated rings. The van der Waals surface area contributed by atoms with Crippen LogP contribution in [-0.4, -0.2) is 20.5 Å². The minimum Gasteiger partial charge on any atom is -0.506 e. The third kappa shape index (κ3) is 3.27. The zero-order valence-electron chi connectivity index (χ0n) is 16.1. The lowest BCUT2D eigenvalue weighted by Gasteiger charge is -2.15. The van der Waals surface area contributed by atoms with Crippen molar-refractivity contribution < 1.29 is 10.2 Å². The zero-order valence-corrected chi connectivity index (χ0v) is 16.1. The highest BCUT2D eigenvalue weighted by atomic mass is 16.3. The first kappa shape index (κ1) is 18.5. The Balaban J connectivity index is 2.04. The largest absolute Gasteiger partial charge is 0.506 e. The molecule has 4 aromatic rings. The number of aliphatic imine (C=N–C) groups is 1. The highest BCUT2D eigenvalue weighted by molar-refractivity contribution is 6.06. The maximum Gasteiger partial charge on any atom is 0.268 e. The molecule has 0 radical (unpaired) electrons. The number of benzene rings is 3. The first-order chi connectivity index (χ1) is 14.0. The van der Waals surface area contributed by atoms with Crippen LogP contribution in [0.1, 0.15) is 18.1 Å². The van der Waals surface area contributed by atoms with E-state index in [4.69, 9.17) is 0 Å². The van der Waals surface area contributed by atoms with Gasteiger partial charge in [-0.1, -0.05) is 36.4 Å². The van der Waals surface area contributed by atoms with Crippen molar-refractivity contribution in [2.24, 2.45) is 4.99 Å². The topological polar surface area (TPSA) is 74.8 Å². The Hall–Kier alpha value is -3.86. The normalized spacial score (nSPS) is 11.7. The average Bonchev–Trinajstić information content (AvgIpc) is 2.72. The van der Waals surface area contributed by atoms with E-state index in [1.807, 2.05) is 49.4 Å². The molecule has 0 aliphatic heterocycles. The second kappa shape index (κ2) is 7.28. The molecule has 2 N–H and O–H groups in total. The smallest absolute Gasteiger partial charge is 0.268 e. The Morgan fingerprint density at radius 1 is 0.931 bits per heavy atom. The van der Waals surface area contributed by atoms with Gasteiger partial charge >= 0.3 is 0 Å². The van der Waals surface area contributed by atoms with Crippen molar-refractivity contribution in [1.29, 1.82) is 0 Å². The van der Waals surface area contributed by atoms with Gasteiger partial charge in [-0.05, 0) is 55.8 Å². The summed E-state index contributed by atoms with van der Waals surface area (Å²) in [6, 6.07) is 21.5. The van der Waals surface area contributed by atoms with E-state index >= 15 is 0 Å². The molecule has 0 aliphatic rings. The standard InChI is InChI=1S/C24H20N2O3/c1-15-12-13-21(27)19(14-15)25-16(2)22-23(28)18-10-6-7-11-20(18)26(24(22)29)17-8-4-3-5-9-17/h3-14,27-28H,1-2H3. The van der Waals surface area contributed by atoms with Gasteiger partial charge in [0.05, 0.1) is 11.2 Å².